The van der Waals surface area contributed by atoms with Crippen molar-refractivity contribution in [2.24, 2.45) is 0 Å². The van der Waals surface area contributed by atoms with E-state index in [-0.39, 0.29) is 0 Å². The van der Waals surface area contributed by atoms with Crippen LogP contribution in [0.25, 0.3) is 0 Å². The van der Waals surface area contributed by atoms with Crippen molar-refractivity contribution < 1.29 is 33.8 Å². The summed E-state index contributed by atoms with van der Waals surface area (Å²) >= 11 is 2.96. The van der Waals surface area contributed by atoms with Gasteiger partial charge in [0.15, 0.2) is 0 Å². The molecule has 0 radical (unpaired) electrons. The fourth-order valence-electron chi connectivity index (χ4n) is 2.28. The normalized spacial score (nSPS) is 12.8. The van der Waals surface area contributed by atoms with Crippen LogP contribution in [0.15, 0.2) is 0 Å². The number of aliphatic carboxylic acids is 1. The third-order valence-electron chi connectivity index (χ3n) is 3.72. The summed E-state index contributed by atoms with van der Waals surface area (Å²) in [5, 5.41) is 18.4. The van der Waals surface area contributed by atoms with Crippen LogP contribution in [0.1, 0.15) is 33.6 Å². The van der Waals surface area contributed by atoms with E-state index in [1.165, 1.54) is 23.5 Å². The SMILES string of the molecule is CSCC[C@H](NC(=O)CNC(=O)[C@H](CCSC)NC(=O)OC(C)(C)C)C(=O)NCC(=O)O. The van der Waals surface area contributed by atoms with Crippen LogP contribution in [0.5, 0.6) is 0 Å². The Morgan fingerprint density at radius 3 is 1.75 bits per heavy atom. The van der Waals surface area contributed by atoms with Crippen LogP contribution in [-0.2, 0) is 23.9 Å². The number of rotatable bonds is 14. The number of carboxylic acid groups (broad SMARTS) is 1. The van der Waals surface area contributed by atoms with E-state index in [4.69, 9.17) is 9.84 Å². The molecule has 184 valence electrons. The van der Waals surface area contributed by atoms with E-state index in [0.29, 0.717) is 24.3 Å². The fraction of sp³-hybridized carbons (Fsp3) is 0.737. The number of hydrogen-bond donors (Lipinski definition) is 5. The number of carbonyl (C=O) groups is 5. The molecule has 0 unspecified atom stereocenters. The lowest BCUT2D eigenvalue weighted by molar-refractivity contribution is -0.138. The van der Waals surface area contributed by atoms with Gasteiger partial charge >= 0.3 is 12.1 Å². The highest BCUT2D eigenvalue weighted by Gasteiger charge is 2.25. The summed E-state index contributed by atoms with van der Waals surface area (Å²) in [7, 11) is 0. The van der Waals surface area contributed by atoms with E-state index in [2.05, 4.69) is 21.3 Å². The number of ether oxygens (including phenoxy) is 1. The standard InChI is InChI=1S/C19H34N4O7S2/c1-19(2,3)30-18(29)23-13(7-9-32-5)17(28)20-10-14(24)22-12(6-8-31-4)16(27)21-11-15(25)26/h12-13H,6-11H2,1-5H3,(H,20,28)(H,21,27)(H,22,24)(H,23,29)(H,25,26)/t12-,13-/m0/s1. The van der Waals surface area contributed by atoms with E-state index in [9.17, 15) is 24.0 Å². The summed E-state index contributed by atoms with van der Waals surface area (Å²) in [6.07, 6.45) is 3.58. The maximum absolute atomic E-state index is 12.5. The van der Waals surface area contributed by atoms with Gasteiger partial charge in [-0.15, -0.1) is 0 Å². The first-order valence-electron chi connectivity index (χ1n) is 9.93. The Morgan fingerprint density at radius 2 is 1.31 bits per heavy atom. The zero-order chi connectivity index (χ0) is 24.7. The Hall–Kier alpha value is -2.15. The second kappa shape index (κ2) is 15.6. The summed E-state index contributed by atoms with van der Waals surface area (Å²) in [4.78, 5) is 59.6. The molecule has 5 N–H and O–H groups in total. The molecule has 0 fully saturated rings. The van der Waals surface area contributed by atoms with Crippen LogP contribution >= 0.6 is 23.5 Å². The molecule has 11 nitrogen and oxygen atoms in total. The van der Waals surface area contributed by atoms with Gasteiger partial charge in [-0.2, -0.15) is 23.5 Å². The van der Waals surface area contributed by atoms with Gasteiger partial charge in [0.2, 0.25) is 17.7 Å². The maximum atomic E-state index is 12.5. The Kier molecular flexibility index (Phi) is 14.6. The average molecular weight is 495 g/mol. The van der Waals surface area contributed by atoms with E-state index in [1.807, 2.05) is 12.5 Å². The van der Waals surface area contributed by atoms with Gasteiger partial charge in [-0.1, -0.05) is 0 Å². The summed E-state index contributed by atoms with van der Waals surface area (Å²) < 4.78 is 5.18. The molecule has 0 aliphatic carbocycles. The Morgan fingerprint density at radius 1 is 0.844 bits per heavy atom. The highest BCUT2D eigenvalue weighted by molar-refractivity contribution is 7.98. The van der Waals surface area contributed by atoms with Gasteiger partial charge in [-0.25, -0.2) is 4.79 Å². The van der Waals surface area contributed by atoms with Crippen molar-refractivity contribution in [1.29, 1.82) is 0 Å². The number of nitrogens with one attached hydrogen (secondary N) is 4. The van der Waals surface area contributed by atoms with E-state index in [0.717, 1.165) is 0 Å². The van der Waals surface area contributed by atoms with Gasteiger partial charge in [0, 0.05) is 0 Å². The summed E-state index contributed by atoms with van der Waals surface area (Å²) in [5.74, 6) is -1.83. The molecule has 13 heteroatoms. The summed E-state index contributed by atoms with van der Waals surface area (Å²) in [6.45, 7) is 4.14. The molecule has 0 aliphatic rings. The molecule has 0 heterocycles. The third kappa shape index (κ3) is 14.8. The van der Waals surface area contributed by atoms with Crippen LogP contribution in [-0.4, -0.2) is 89.7 Å². The molecule has 4 amide bonds. The van der Waals surface area contributed by atoms with Gasteiger partial charge in [0.25, 0.3) is 0 Å². The fourth-order valence-corrected chi connectivity index (χ4v) is 3.22. The molecule has 0 aromatic heterocycles. The molecule has 0 spiro atoms. The lowest BCUT2D eigenvalue weighted by atomic mass is 10.2. The van der Waals surface area contributed by atoms with Gasteiger partial charge in [-0.05, 0) is 57.6 Å². The number of carbonyl (C=O) groups excluding carboxylic acids is 4. The Bertz CT molecular complexity index is 656. The van der Waals surface area contributed by atoms with E-state index in [1.54, 1.807) is 20.8 Å². The summed E-state index contributed by atoms with van der Waals surface area (Å²) in [5.41, 5.74) is -0.725. The van der Waals surface area contributed by atoms with Crippen molar-refractivity contribution in [3.05, 3.63) is 0 Å². The molecule has 0 aromatic carbocycles. The topological polar surface area (TPSA) is 163 Å². The average Bonchev–Trinajstić information content (AvgIpc) is 2.68. The molecular formula is C19H34N4O7S2. The molecule has 0 bridgehead atoms. The van der Waals surface area contributed by atoms with Crippen LogP contribution < -0.4 is 21.3 Å². The minimum Gasteiger partial charge on any atom is -0.480 e. The maximum Gasteiger partial charge on any atom is 0.408 e. The van der Waals surface area contributed by atoms with Crippen LogP contribution in [0.4, 0.5) is 4.79 Å². The second-order valence-electron chi connectivity index (χ2n) is 7.71. The van der Waals surface area contributed by atoms with Gasteiger partial charge in [0.1, 0.15) is 24.2 Å². The first kappa shape index (κ1) is 29.9. The predicted octanol–water partition coefficient (Wildman–Crippen LogP) is 0.188. The lowest BCUT2D eigenvalue weighted by Gasteiger charge is -2.23. The summed E-state index contributed by atoms with van der Waals surface area (Å²) in [6, 6.07) is -1.82. The van der Waals surface area contributed by atoms with E-state index < -0.39 is 60.6 Å². The van der Waals surface area contributed by atoms with E-state index >= 15 is 0 Å². The molecule has 0 saturated heterocycles. The van der Waals surface area contributed by atoms with Crippen molar-refractivity contribution in [3.8, 4) is 0 Å². The number of hydrogen-bond acceptors (Lipinski definition) is 8. The lowest BCUT2D eigenvalue weighted by Crippen LogP contribution is -2.53. The Balaban J connectivity index is 4.87. The van der Waals surface area contributed by atoms with Crippen molar-refractivity contribution in [2.45, 2.75) is 51.3 Å². The first-order valence-corrected chi connectivity index (χ1v) is 12.7. The molecule has 0 saturated carbocycles. The number of alkyl carbamates (subject to hydrolysis) is 1. The highest BCUT2D eigenvalue weighted by atomic mass is 32.2. The molecule has 2 atom stereocenters. The van der Waals surface area contributed by atoms with Crippen molar-refractivity contribution >= 4 is 53.3 Å². The monoisotopic (exact) mass is 494 g/mol. The molecule has 0 aromatic rings. The van der Waals surface area contributed by atoms with Crippen LogP contribution in [0, 0.1) is 0 Å². The Labute approximate surface area is 196 Å². The minimum absolute atomic E-state index is 0.294. The van der Waals surface area contributed by atoms with Crippen molar-refractivity contribution in [2.75, 3.05) is 37.1 Å². The smallest absolute Gasteiger partial charge is 0.408 e. The predicted molar refractivity (Wildman–Crippen MR) is 125 cm³/mol. The quantitative estimate of drug-likeness (QED) is 0.227. The largest absolute Gasteiger partial charge is 0.480 e. The first-order chi connectivity index (χ1) is 14.9. The number of thioether (sulfide) groups is 2. The zero-order valence-electron chi connectivity index (χ0n) is 19.1. The number of amides is 4. The van der Waals surface area contributed by atoms with Gasteiger partial charge in [-0.3, -0.25) is 19.2 Å². The second-order valence-corrected chi connectivity index (χ2v) is 9.68. The van der Waals surface area contributed by atoms with Gasteiger partial charge < -0.3 is 31.1 Å². The van der Waals surface area contributed by atoms with Crippen LogP contribution in [0.3, 0.4) is 0 Å². The number of carboxylic acids is 1. The van der Waals surface area contributed by atoms with Gasteiger partial charge in [0.05, 0.1) is 6.54 Å². The third-order valence-corrected chi connectivity index (χ3v) is 5.01. The highest BCUT2D eigenvalue weighted by Crippen LogP contribution is 2.08. The minimum atomic E-state index is -1.20. The van der Waals surface area contributed by atoms with Crippen molar-refractivity contribution in [3.63, 3.8) is 0 Å². The van der Waals surface area contributed by atoms with Crippen molar-refractivity contribution in [1.82, 2.24) is 21.3 Å². The molecule has 0 rings (SSSR count). The molecular weight excluding hydrogens is 460 g/mol. The molecule has 0 aliphatic heterocycles. The zero-order valence-corrected chi connectivity index (χ0v) is 20.7. The molecule has 32 heavy (non-hydrogen) atoms. The van der Waals surface area contributed by atoms with Crippen LogP contribution in [0.2, 0.25) is 0 Å².